The third-order valence-electron chi connectivity index (χ3n) is 1.88. The van der Waals surface area contributed by atoms with Gasteiger partial charge >= 0.3 is 6.18 Å². The quantitative estimate of drug-likeness (QED) is 0.358. The maximum Gasteiger partial charge on any atom is 0.417 e. The lowest BCUT2D eigenvalue weighted by Crippen LogP contribution is -2.17. The van der Waals surface area contributed by atoms with E-state index in [0.29, 0.717) is 3.57 Å². The van der Waals surface area contributed by atoms with E-state index < -0.39 is 19.8 Å². The van der Waals surface area contributed by atoms with Crippen LogP contribution < -0.4 is 0 Å². The normalized spacial score (nSPS) is 11.9. The Morgan fingerprint density at radius 1 is 1.18 bits per heavy atom. The minimum Gasteiger partial charge on any atom is -0.166 e. The molecule has 1 aromatic rings. The second-order valence-electron chi connectivity index (χ2n) is 4.66. The van der Waals surface area contributed by atoms with Crippen LogP contribution in [0, 0.1) is 15.0 Å². The molecule has 0 spiro atoms. The van der Waals surface area contributed by atoms with Gasteiger partial charge in [-0.2, -0.15) is 13.2 Å². The van der Waals surface area contributed by atoms with Gasteiger partial charge in [-0.05, 0) is 34.7 Å². The molecule has 1 aromatic carbocycles. The van der Waals surface area contributed by atoms with E-state index in [-0.39, 0.29) is 5.56 Å². The smallest absolute Gasteiger partial charge is 0.166 e. The van der Waals surface area contributed by atoms with Gasteiger partial charge in [-0.1, -0.05) is 31.6 Å². The summed E-state index contributed by atoms with van der Waals surface area (Å²) in [6.45, 7) is 6.01. The summed E-state index contributed by atoms with van der Waals surface area (Å²) >= 11 is 1.89. The Kier molecular flexibility index (Phi) is 4.31. The molecular weight excluding hydrogens is 356 g/mol. The van der Waals surface area contributed by atoms with Gasteiger partial charge < -0.3 is 0 Å². The SMILES string of the molecule is C[Si](C)(C)C#Cc1c(I)cccc1C(F)(F)F. The summed E-state index contributed by atoms with van der Waals surface area (Å²) in [6, 6.07) is 4.13. The largest absolute Gasteiger partial charge is 0.417 e. The average molecular weight is 368 g/mol. The molecule has 0 heterocycles. The third-order valence-corrected chi connectivity index (χ3v) is 3.66. The number of hydrogen-bond donors (Lipinski definition) is 0. The number of benzene rings is 1. The van der Waals surface area contributed by atoms with E-state index in [0.717, 1.165) is 6.07 Å². The van der Waals surface area contributed by atoms with Crippen molar-refractivity contribution in [1.82, 2.24) is 0 Å². The number of rotatable bonds is 0. The summed E-state index contributed by atoms with van der Waals surface area (Å²) in [5.41, 5.74) is 2.43. The highest BCUT2D eigenvalue weighted by Crippen LogP contribution is 2.33. The van der Waals surface area contributed by atoms with Gasteiger partial charge in [0, 0.05) is 9.13 Å². The van der Waals surface area contributed by atoms with Crippen LogP contribution in [-0.4, -0.2) is 8.07 Å². The molecule has 0 aromatic heterocycles. The summed E-state index contributed by atoms with van der Waals surface area (Å²) in [4.78, 5) is 0. The third kappa shape index (κ3) is 4.35. The van der Waals surface area contributed by atoms with E-state index in [1.807, 2.05) is 42.2 Å². The molecule has 0 saturated carbocycles. The Labute approximate surface area is 114 Å². The molecule has 0 atom stereocenters. The van der Waals surface area contributed by atoms with Gasteiger partial charge in [0.2, 0.25) is 0 Å². The summed E-state index contributed by atoms with van der Waals surface area (Å²) in [5.74, 6) is 2.71. The maximum atomic E-state index is 12.8. The van der Waals surface area contributed by atoms with Crippen LogP contribution in [0.15, 0.2) is 18.2 Å². The lowest BCUT2D eigenvalue weighted by atomic mass is 10.1. The molecule has 0 unspecified atom stereocenters. The number of alkyl halides is 3. The monoisotopic (exact) mass is 368 g/mol. The van der Waals surface area contributed by atoms with Gasteiger partial charge in [0.1, 0.15) is 8.07 Å². The van der Waals surface area contributed by atoms with E-state index in [2.05, 4.69) is 11.5 Å². The zero-order valence-corrected chi connectivity index (χ0v) is 12.9. The van der Waals surface area contributed by atoms with Crippen LogP contribution in [0.3, 0.4) is 0 Å². The lowest BCUT2D eigenvalue weighted by molar-refractivity contribution is -0.137. The zero-order chi connectivity index (χ0) is 13.3. The number of halogens is 4. The molecule has 0 radical (unpaired) electrons. The summed E-state index contributed by atoms with van der Waals surface area (Å²) in [7, 11) is -1.68. The lowest BCUT2D eigenvalue weighted by Gasteiger charge is -2.11. The van der Waals surface area contributed by atoms with Crippen LogP contribution in [0.25, 0.3) is 0 Å². The predicted molar refractivity (Wildman–Crippen MR) is 74.4 cm³/mol. The standard InChI is InChI=1S/C12H12F3ISi/c1-17(2,3)8-7-9-10(12(13,14)15)5-4-6-11(9)16/h4-6H,1-3H3. The van der Waals surface area contributed by atoms with Gasteiger partial charge in [0.15, 0.2) is 0 Å². The Morgan fingerprint density at radius 2 is 1.76 bits per heavy atom. The van der Waals surface area contributed by atoms with E-state index in [9.17, 15) is 13.2 Å². The molecule has 0 N–H and O–H groups in total. The predicted octanol–water partition coefficient (Wildman–Crippen LogP) is 4.54. The van der Waals surface area contributed by atoms with Crippen molar-refractivity contribution in [2.75, 3.05) is 0 Å². The molecule has 0 fully saturated rings. The minimum absolute atomic E-state index is 0.100. The first-order chi connectivity index (χ1) is 7.61. The molecule has 0 bridgehead atoms. The topological polar surface area (TPSA) is 0 Å². The molecule has 0 saturated heterocycles. The van der Waals surface area contributed by atoms with Gasteiger partial charge in [-0.15, -0.1) is 5.54 Å². The molecule has 1 rings (SSSR count). The Bertz CT molecular complexity index is 475. The molecule has 0 aliphatic rings. The molecule has 5 heteroatoms. The van der Waals surface area contributed by atoms with Crippen molar-refractivity contribution >= 4 is 30.7 Å². The highest BCUT2D eigenvalue weighted by molar-refractivity contribution is 14.1. The molecule has 17 heavy (non-hydrogen) atoms. The van der Waals surface area contributed by atoms with Crippen LogP contribution in [0.1, 0.15) is 11.1 Å². The van der Waals surface area contributed by atoms with Crippen molar-refractivity contribution in [1.29, 1.82) is 0 Å². The van der Waals surface area contributed by atoms with Gasteiger partial charge in [0.05, 0.1) is 5.56 Å². The van der Waals surface area contributed by atoms with Crippen LogP contribution in [0.4, 0.5) is 13.2 Å². The first kappa shape index (κ1) is 14.6. The summed E-state index contributed by atoms with van der Waals surface area (Å²) in [5, 5.41) is 0. The Balaban J connectivity index is 3.36. The second-order valence-corrected chi connectivity index (χ2v) is 10.6. The van der Waals surface area contributed by atoms with Gasteiger partial charge in [-0.3, -0.25) is 0 Å². The van der Waals surface area contributed by atoms with E-state index >= 15 is 0 Å². The van der Waals surface area contributed by atoms with Gasteiger partial charge in [0.25, 0.3) is 0 Å². The Morgan fingerprint density at radius 3 is 2.24 bits per heavy atom. The fraction of sp³-hybridized carbons (Fsp3) is 0.333. The molecule has 0 aliphatic heterocycles. The molecule has 0 nitrogen and oxygen atoms in total. The van der Waals surface area contributed by atoms with E-state index in [4.69, 9.17) is 0 Å². The first-order valence-electron chi connectivity index (χ1n) is 5.00. The van der Waals surface area contributed by atoms with E-state index in [1.165, 1.54) is 6.07 Å². The molecule has 92 valence electrons. The van der Waals surface area contributed by atoms with E-state index in [1.54, 1.807) is 6.07 Å². The van der Waals surface area contributed by atoms with Crippen LogP contribution >= 0.6 is 22.6 Å². The Hall–Kier alpha value is -0.483. The van der Waals surface area contributed by atoms with Crippen LogP contribution in [0.5, 0.6) is 0 Å². The molecule has 0 aliphatic carbocycles. The second kappa shape index (κ2) is 5.02. The number of hydrogen-bond acceptors (Lipinski definition) is 0. The van der Waals surface area contributed by atoms with Gasteiger partial charge in [-0.25, -0.2) is 0 Å². The highest BCUT2D eigenvalue weighted by Gasteiger charge is 2.33. The maximum absolute atomic E-state index is 12.8. The molecular formula is C12H12F3ISi. The summed E-state index contributed by atoms with van der Waals surface area (Å²) < 4.78 is 38.9. The van der Waals surface area contributed by atoms with Crippen molar-refractivity contribution in [3.63, 3.8) is 0 Å². The minimum atomic E-state index is -4.34. The van der Waals surface area contributed by atoms with Crippen LogP contribution in [0.2, 0.25) is 19.6 Å². The highest BCUT2D eigenvalue weighted by atomic mass is 127. The molecule has 0 amide bonds. The van der Waals surface area contributed by atoms with Crippen LogP contribution in [-0.2, 0) is 6.18 Å². The fourth-order valence-electron chi connectivity index (χ4n) is 1.14. The van der Waals surface area contributed by atoms with Crippen molar-refractivity contribution < 1.29 is 13.2 Å². The van der Waals surface area contributed by atoms with Crippen molar-refractivity contribution in [3.05, 3.63) is 32.9 Å². The van der Waals surface area contributed by atoms with Crippen molar-refractivity contribution in [2.45, 2.75) is 25.8 Å². The van der Waals surface area contributed by atoms with Crippen molar-refractivity contribution in [2.24, 2.45) is 0 Å². The first-order valence-corrected chi connectivity index (χ1v) is 9.58. The summed E-state index contributed by atoms with van der Waals surface area (Å²) in [6.07, 6.45) is -4.34. The van der Waals surface area contributed by atoms with Crippen molar-refractivity contribution in [3.8, 4) is 11.5 Å². The average Bonchev–Trinajstić information content (AvgIpc) is 2.12. The fourth-order valence-corrected chi connectivity index (χ4v) is 2.27. The zero-order valence-electron chi connectivity index (χ0n) is 9.74.